The van der Waals surface area contributed by atoms with Crippen LogP contribution in [0, 0.1) is 5.92 Å². The molecule has 0 spiro atoms. The molecule has 0 bridgehead atoms. The normalized spacial score (nSPS) is 15.0. The van der Waals surface area contributed by atoms with Crippen molar-refractivity contribution in [3.05, 3.63) is 75.7 Å². The van der Waals surface area contributed by atoms with Gasteiger partial charge in [0.25, 0.3) is 0 Å². The molecule has 4 aromatic rings. The molecule has 11 nitrogen and oxygen atoms in total. The quantitative estimate of drug-likeness (QED) is 0.169. The van der Waals surface area contributed by atoms with E-state index in [0.29, 0.717) is 47.6 Å². The molecular weight excluding hydrogens is 622 g/mol. The molecule has 1 heterocycles. The summed E-state index contributed by atoms with van der Waals surface area (Å²) in [6.07, 6.45) is 1.84. The van der Waals surface area contributed by atoms with E-state index in [1.807, 2.05) is 50.2 Å². The maximum Gasteiger partial charge on any atom is 0.243 e. The van der Waals surface area contributed by atoms with Crippen molar-refractivity contribution in [3.8, 4) is 28.4 Å². The van der Waals surface area contributed by atoms with Crippen molar-refractivity contribution in [1.82, 2.24) is 20.2 Å². The molecule has 0 saturated heterocycles. The van der Waals surface area contributed by atoms with Gasteiger partial charge in [-0.25, -0.2) is 4.98 Å². The smallest absolute Gasteiger partial charge is 0.243 e. The zero-order valence-corrected chi connectivity index (χ0v) is 29.6. The average Bonchev–Trinajstić information content (AvgIpc) is 3.31. The minimum atomic E-state index is -0.700. The van der Waals surface area contributed by atoms with Gasteiger partial charge < -0.3 is 34.7 Å². The van der Waals surface area contributed by atoms with Crippen molar-refractivity contribution in [3.63, 3.8) is 0 Å². The number of nitrogens with zero attached hydrogens (tertiary/aromatic N) is 2. The van der Waals surface area contributed by atoms with Crippen molar-refractivity contribution in [1.29, 1.82) is 0 Å². The van der Waals surface area contributed by atoms with Crippen LogP contribution in [0.2, 0.25) is 0 Å². The van der Waals surface area contributed by atoms with Crippen molar-refractivity contribution in [2.45, 2.75) is 78.6 Å². The number of benzene rings is 2. The lowest BCUT2D eigenvalue weighted by molar-refractivity contribution is -0.123. The Morgan fingerprint density at radius 1 is 1.00 bits per heavy atom. The number of hydrogen-bond donors (Lipinski definition) is 3. The fourth-order valence-corrected chi connectivity index (χ4v) is 6.77. The fourth-order valence-electron chi connectivity index (χ4n) is 6.77. The number of aromatic nitrogens is 2. The predicted molar refractivity (Wildman–Crippen MR) is 192 cm³/mol. The number of fused-ring (bicyclic) bond motifs is 4. The largest absolute Gasteiger partial charge is 0.493 e. The van der Waals surface area contributed by atoms with Crippen LogP contribution in [0.5, 0.6) is 17.2 Å². The zero-order chi connectivity index (χ0) is 35.4. The second-order valence-corrected chi connectivity index (χ2v) is 12.8. The Labute approximate surface area is 287 Å². The van der Waals surface area contributed by atoms with Crippen molar-refractivity contribution < 1.29 is 23.8 Å². The van der Waals surface area contributed by atoms with Gasteiger partial charge in [-0.1, -0.05) is 38.5 Å². The average molecular weight is 670 g/mol. The summed E-state index contributed by atoms with van der Waals surface area (Å²) in [5.74, 6) is 1.64. The van der Waals surface area contributed by atoms with Gasteiger partial charge in [-0.3, -0.25) is 14.4 Å². The van der Waals surface area contributed by atoms with E-state index in [1.54, 1.807) is 33.5 Å². The van der Waals surface area contributed by atoms with Crippen LogP contribution in [0.4, 0.5) is 5.69 Å². The predicted octanol–water partition coefficient (Wildman–Crippen LogP) is 5.94. The highest BCUT2D eigenvalue weighted by molar-refractivity contribution is 5.86. The minimum Gasteiger partial charge on any atom is -0.493 e. The van der Waals surface area contributed by atoms with E-state index < -0.39 is 12.1 Å². The van der Waals surface area contributed by atoms with Gasteiger partial charge in [-0.2, -0.15) is 0 Å². The SMILES string of the molecule is CCC(C)C(Nc1ccc2c(cc1=O)C(NC(C)=O)CCc1cc(OC)c(OC)c(OC)c1-2)C(=O)NCc1nc2ccccc2n1C(C)C. The molecule has 2 amide bonds. The van der Waals surface area contributed by atoms with Crippen molar-refractivity contribution >= 4 is 28.5 Å². The molecule has 5 rings (SSSR count). The molecular formula is C38H47N5O6. The highest BCUT2D eigenvalue weighted by Crippen LogP contribution is 2.50. The van der Waals surface area contributed by atoms with E-state index in [-0.39, 0.29) is 41.4 Å². The first-order valence-electron chi connectivity index (χ1n) is 16.8. The topological polar surface area (TPSA) is 133 Å². The van der Waals surface area contributed by atoms with Gasteiger partial charge in [0.2, 0.25) is 23.0 Å². The molecule has 49 heavy (non-hydrogen) atoms. The van der Waals surface area contributed by atoms with Crippen LogP contribution in [0.25, 0.3) is 22.2 Å². The summed E-state index contributed by atoms with van der Waals surface area (Å²) >= 11 is 0. The Bertz CT molecular complexity index is 1920. The molecule has 1 aromatic heterocycles. The van der Waals surface area contributed by atoms with Gasteiger partial charge in [0, 0.05) is 18.5 Å². The molecule has 0 fully saturated rings. The summed E-state index contributed by atoms with van der Waals surface area (Å²) in [7, 11) is 4.68. The van der Waals surface area contributed by atoms with Crippen LogP contribution in [0.15, 0.2) is 53.3 Å². The Morgan fingerprint density at radius 3 is 2.39 bits per heavy atom. The van der Waals surface area contributed by atoms with Crippen LogP contribution >= 0.6 is 0 Å². The molecule has 1 aliphatic rings. The Morgan fingerprint density at radius 2 is 1.73 bits per heavy atom. The number of para-hydroxylation sites is 2. The first-order valence-corrected chi connectivity index (χ1v) is 16.8. The van der Waals surface area contributed by atoms with E-state index in [4.69, 9.17) is 19.2 Å². The Hall–Kier alpha value is -5.06. The number of carbonyl (C=O) groups excluding carboxylic acids is 2. The fraction of sp³-hybridized carbons (Fsp3) is 0.421. The molecule has 3 aromatic carbocycles. The number of nitrogens with one attached hydrogen (secondary N) is 3. The van der Waals surface area contributed by atoms with Gasteiger partial charge in [0.15, 0.2) is 11.5 Å². The van der Waals surface area contributed by atoms with Gasteiger partial charge >= 0.3 is 0 Å². The monoisotopic (exact) mass is 669 g/mol. The number of aryl methyl sites for hydroxylation is 1. The van der Waals surface area contributed by atoms with E-state index >= 15 is 0 Å². The maximum atomic E-state index is 14.0. The van der Waals surface area contributed by atoms with Crippen molar-refractivity contribution in [2.24, 2.45) is 5.92 Å². The highest BCUT2D eigenvalue weighted by Gasteiger charge is 2.30. The molecule has 0 radical (unpaired) electrons. The number of ether oxygens (including phenoxy) is 3. The lowest BCUT2D eigenvalue weighted by Gasteiger charge is -2.24. The summed E-state index contributed by atoms with van der Waals surface area (Å²) in [4.78, 5) is 45.0. The third-order valence-electron chi connectivity index (χ3n) is 9.33. The van der Waals surface area contributed by atoms with Crippen LogP contribution in [0.1, 0.15) is 76.5 Å². The molecule has 0 aliphatic heterocycles. The molecule has 3 unspecified atom stereocenters. The van der Waals surface area contributed by atoms with Gasteiger partial charge in [-0.05, 0) is 79.6 Å². The summed E-state index contributed by atoms with van der Waals surface area (Å²) in [6, 6.07) is 14.0. The zero-order valence-electron chi connectivity index (χ0n) is 29.6. The van der Waals surface area contributed by atoms with E-state index in [1.165, 1.54) is 6.92 Å². The lowest BCUT2D eigenvalue weighted by Crippen LogP contribution is -2.44. The van der Waals surface area contributed by atoms with Crippen LogP contribution in [0.3, 0.4) is 0 Å². The summed E-state index contributed by atoms with van der Waals surface area (Å²) in [5.41, 5.74) is 4.90. The first-order chi connectivity index (χ1) is 23.5. The number of amides is 2. The van der Waals surface area contributed by atoms with Crippen LogP contribution in [-0.4, -0.2) is 48.7 Å². The maximum absolute atomic E-state index is 14.0. The third kappa shape index (κ3) is 7.06. The second kappa shape index (κ2) is 15.0. The van der Waals surface area contributed by atoms with Gasteiger partial charge in [0.05, 0.1) is 50.6 Å². The number of rotatable bonds is 12. The van der Waals surface area contributed by atoms with Gasteiger partial charge in [0.1, 0.15) is 11.9 Å². The molecule has 3 atom stereocenters. The Kier molecular flexibility index (Phi) is 10.8. The number of methoxy groups -OCH3 is 3. The summed E-state index contributed by atoms with van der Waals surface area (Å²) in [5, 5.41) is 9.41. The molecule has 3 N–H and O–H groups in total. The third-order valence-corrected chi connectivity index (χ3v) is 9.33. The van der Waals surface area contributed by atoms with E-state index in [0.717, 1.165) is 28.0 Å². The molecule has 11 heteroatoms. The molecule has 260 valence electrons. The van der Waals surface area contributed by atoms with E-state index in [2.05, 4.69) is 34.4 Å². The standard InChI is InChI=1S/C38H47N5O6/c1-9-22(4)35(38(46)39-20-33-41-28-12-10-11-13-30(28)43(33)21(2)3)42-29-17-15-25-26(19-31(29)45)27(40-23(5)44)16-14-24-18-32(47-6)36(48-7)37(49-8)34(24)25/h10-13,15,17-19,21-22,27,35H,9,14,16,20H2,1-8H3,(H,39,46)(H,40,44)(H,42,45). The van der Waals surface area contributed by atoms with Crippen molar-refractivity contribution in [2.75, 3.05) is 26.6 Å². The number of carbonyl (C=O) groups is 2. The minimum absolute atomic E-state index is 0.101. The Balaban J connectivity index is 1.55. The van der Waals surface area contributed by atoms with Gasteiger partial charge in [-0.15, -0.1) is 0 Å². The summed E-state index contributed by atoms with van der Waals surface area (Å²) in [6.45, 7) is 9.88. The lowest BCUT2D eigenvalue weighted by atomic mass is 9.95. The molecule has 0 saturated carbocycles. The first kappa shape index (κ1) is 35.3. The molecule has 1 aliphatic carbocycles. The highest BCUT2D eigenvalue weighted by atomic mass is 16.5. The summed E-state index contributed by atoms with van der Waals surface area (Å²) < 4.78 is 19.4. The number of imidazole rings is 1. The van der Waals surface area contributed by atoms with E-state index in [9.17, 15) is 14.4 Å². The number of hydrogen-bond acceptors (Lipinski definition) is 8. The van der Waals surface area contributed by atoms with Crippen LogP contribution < -0.4 is 35.6 Å². The second-order valence-electron chi connectivity index (χ2n) is 12.8. The number of anilines is 1. The van der Waals surface area contributed by atoms with Crippen LogP contribution in [-0.2, 0) is 22.6 Å².